The predicted octanol–water partition coefficient (Wildman–Crippen LogP) is 2.07. The Kier molecular flexibility index (Phi) is 4.73. The van der Waals surface area contributed by atoms with E-state index in [2.05, 4.69) is 15.3 Å². The van der Waals surface area contributed by atoms with Crippen molar-refractivity contribution >= 4 is 28.6 Å². The number of para-hydroxylation sites is 1. The number of carbonyl (C=O) groups is 2. The van der Waals surface area contributed by atoms with Crippen LogP contribution >= 0.6 is 0 Å². The van der Waals surface area contributed by atoms with Crippen molar-refractivity contribution < 1.29 is 14.3 Å². The second kappa shape index (κ2) is 7.34. The molecule has 1 aromatic carbocycles. The number of nitrogens with zero attached hydrogens (tertiary/aromatic N) is 2. The number of hydrogen-bond donors (Lipinski definition) is 2. The number of nitrogens with one attached hydrogen (secondary N) is 2. The minimum absolute atomic E-state index is 0.292. The van der Waals surface area contributed by atoms with Crippen LogP contribution in [-0.4, -0.2) is 48.6 Å². The smallest absolute Gasteiger partial charge is 0.328 e. The summed E-state index contributed by atoms with van der Waals surface area (Å²) in [6, 6.07) is 10.7. The highest BCUT2D eigenvalue weighted by Crippen LogP contribution is 2.24. The lowest BCUT2D eigenvalue weighted by Crippen LogP contribution is -2.43. The summed E-state index contributed by atoms with van der Waals surface area (Å²) in [5.41, 5.74) is 3.34. The van der Waals surface area contributed by atoms with Crippen LogP contribution in [0.5, 0.6) is 0 Å². The molecule has 144 valence electrons. The normalized spacial score (nSPS) is 14.0. The summed E-state index contributed by atoms with van der Waals surface area (Å²) in [5, 5.41) is 3.80. The number of rotatable bonds is 5. The molecular weight excluding hydrogens is 356 g/mol. The number of amides is 1. The van der Waals surface area contributed by atoms with E-state index >= 15 is 0 Å². The zero-order chi connectivity index (χ0) is 19.7. The van der Waals surface area contributed by atoms with E-state index in [0.29, 0.717) is 12.1 Å². The fraction of sp³-hybridized carbons (Fsp3) is 0.286. The Bertz CT molecular complexity index is 1040. The largest absolute Gasteiger partial charge is 0.467 e. The molecule has 3 aromatic rings. The summed E-state index contributed by atoms with van der Waals surface area (Å²) >= 11 is 0. The molecule has 0 bridgehead atoms. The van der Waals surface area contributed by atoms with Crippen LogP contribution in [-0.2, 0) is 22.4 Å². The molecule has 2 N–H and O–H groups in total. The maximum Gasteiger partial charge on any atom is 0.328 e. The number of pyridine rings is 1. The van der Waals surface area contributed by atoms with E-state index in [1.165, 1.54) is 7.11 Å². The second-order valence-corrected chi connectivity index (χ2v) is 6.96. The average molecular weight is 378 g/mol. The summed E-state index contributed by atoms with van der Waals surface area (Å²) in [4.78, 5) is 34.8. The Morgan fingerprint density at radius 3 is 2.93 bits per heavy atom. The van der Waals surface area contributed by atoms with Gasteiger partial charge in [-0.1, -0.05) is 24.3 Å². The molecule has 1 amide bonds. The van der Waals surface area contributed by atoms with Crippen LogP contribution in [0.15, 0.2) is 42.6 Å². The van der Waals surface area contributed by atoms with E-state index in [9.17, 15) is 9.59 Å². The van der Waals surface area contributed by atoms with Crippen molar-refractivity contribution in [2.75, 3.05) is 25.6 Å². The van der Waals surface area contributed by atoms with Crippen molar-refractivity contribution in [3.8, 4) is 0 Å². The summed E-state index contributed by atoms with van der Waals surface area (Å²) in [7, 11) is 3.27. The van der Waals surface area contributed by atoms with Gasteiger partial charge in [-0.05, 0) is 29.7 Å². The average Bonchev–Trinajstić information content (AvgIpc) is 3.30. The Labute approximate surface area is 162 Å². The molecule has 0 saturated heterocycles. The van der Waals surface area contributed by atoms with Crippen molar-refractivity contribution in [3.05, 3.63) is 59.4 Å². The summed E-state index contributed by atoms with van der Waals surface area (Å²) < 4.78 is 4.91. The predicted molar refractivity (Wildman–Crippen MR) is 106 cm³/mol. The second-order valence-electron chi connectivity index (χ2n) is 6.96. The molecule has 7 nitrogen and oxygen atoms in total. The minimum atomic E-state index is -0.801. The molecule has 1 atom stereocenters. The van der Waals surface area contributed by atoms with Crippen LogP contribution < -0.4 is 10.2 Å². The monoisotopic (exact) mass is 378 g/mol. The van der Waals surface area contributed by atoms with Gasteiger partial charge in [0.25, 0.3) is 5.91 Å². The number of likely N-dealkylation sites (N-methyl/N-ethyl adjacent to an activating group) is 1. The molecular formula is C21H22N4O3. The first kappa shape index (κ1) is 18.0. The lowest BCUT2D eigenvalue weighted by molar-refractivity contribution is -0.142. The van der Waals surface area contributed by atoms with Gasteiger partial charge in [-0.3, -0.25) is 4.79 Å². The first-order valence-corrected chi connectivity index (χ1v) is 9.21. The van der Waals surface area contributed by atoms with Crippen molar-refractivity contribution in [1.29, 1.82) is 0 Å². The highest BCUT2D eigenvalue weighted by Gasteiger charge is 2.26. The topological polar surface area (TPSA) is 87.3 Å². The summed E-state index contributed by atoms with van der Waals surface area (Å²) in [6.45, 7) is 0.888. The van der Waals surface area contributed by atoms with Crippen LogP contribution in [0.3, 0.4) is 0 Å². The number of anilines is 1. The third-order valence-electron chi connectivity index (χ3n) is 5.16. The first-order valence-electron chi connectivity index (χ1n) is 9.21. The number of ether oxygens (including phenoxy) is 1. The number of esters is 1. The van der Waals surface area contributed by atoms with E-state index in [0.717, 1.165) is 40.8 Å². The van der Waals surface area contributed by atoms with Crippen molar-refractivity contribution in [1.82, 2.24) is 15.3 Å². The number of aromatic nitrogens is 2. The van der Waals surface area contributed by atoms with Gasteiger partial charge in [-0.15, -0.1) is 0 Å². The van der Waals surface area contributed by atoms with Crippen LogP contribution in [0, 0.1) is 0 Å². The van der Waals surface area contributed by atoms with Crippen LogP contribution in [0.25, 0.3) is 10.9 Å². The van der Waals surface area contributed by atoms with Gasteiger partial charge < -0.3 is 19.9 Å². The fourth-order valence-electron chi connectivity index (χ4n) is 3.61. The zero-order valence-corrected chi connectivity index (χ0v) is 15.9. The third kappa shape index (κ3) is 3.31. The van der Waals surface area contributed by atoms with Gasteiger partial charge in [0.05, 0.1) is 7.11 Å². The standard InChI is InChI=1S/C21H22N4O3/c1-25-10-9-13-7-8-17(23-19(13)25)20(26)24-18(21(27)28-2)11-14-12-22-16-6-4-3-5-15(14)16/h3-8,12,18,22H,9-11H2,1-2H3,(H,24,26)/t18-/m0/s1. The number of hydrogen-bond acceptors (Lipinski definition) is 5. The van der Waals surface area contributed by atoms with Crippen molar-refractivity contribution in [2.24, 2.45) is 0 Å². The lowest BCUT2D eigenvalue weighted by atomic mass is 10.0. The molecule has 3 heterocycles. The summed E-state index contributed by atoms with van der Waals surface area (Å²) in [5.74, 6) is -0.0610. The first-order chi connectivity index (χ1) is 13.6. The van der Waals surface area contributed by atoms with E-state index in [1.807, 2.05) is 48.5 Å². The van der Waals surface area contributed by atoms with Gasteiger partial charge in [0.1, 0.15) is 17.6 Å². The quantitative estimate of drug-likeness (QED) is 0.664. The maximum atomic E-state index is 12.8. The highest BCUT2D eigenvalue weighted by atomic mass is 16.5. The highest BCUT2D eigenvalue weighted by molar-refractivity contribution is 5.96. The fourth-order valence-corrected chi connectivity index (χ4v) is 3.61. The Hall–Kier alpha value is -3.35. The molecule has 0 fully saturated rings. The molecule has 2 aromatic heterocycles. The van der Waals surface area contributed by atoms with E-state index in [4.69, 9.17) is 4.74 Å². The molecule has 1 aliphatic heterocycles. The van der Waals surface area contributed by atoms with Gasteiger partial charge in [0, 0.05) is 37.1 Å². The number of aromatic amines is 1. The lowest BCUT2D eigenvalue weighted by Gasteiger charge is -2.17. The zero-order valence-electron chi connectivity index (χ0n) is 15.9. The SMILES string of the molecule is COC(=O)[C@H](Cc1c[nH]c2ccccc12)NC(=O)c1ccc2c(n1)N(C)CC2. The Morgan fingerprint density at radius 2 is 2.11 bits per heavy atom. The van der Waals surface area contributed by atoms with Crippen LogP contribution in [0.1, 0.15) is 21.6 Å². The molecule has 0 saturated carbocycles. The van der Waals surface area contributed by atoms with E-state index < -0.39 is 17.9 Å². The van der Waals surface area contributed by atoms with E-state index in [1.54, 1.807) is 6.07 Å². The summed E-state index contributed by atoms with van der Waals surface area (Å²) in [6.07, 6.45) is 3.11. The molecule has 28 heavy (non-hydrogen) atoms. The van der Waals surface area contributed by atoms with Gasteiger partial charge in [-0.25, -0.2) is 9.78 Å². The van der Waals surface area contributed by atoms with Crippen LogP contribution in [0.2, 0.25) is 0 Å². The van der Waals surface area contributed by atoms with Gasteiger partial charge in [-0.2, -0.15) is 0 Å². The molecule has 0 spiro atoms. The number of methoxy groups -OCH3 is 1. The minimum Gasteiger partial charge on any atom is -0.467 e. The maximum absolute atomic E-state index is 12.8. The van der Waals surface area contributed by atoms with Gasteiger partial charge in [0.15, 0.2) is 0 Å². The number of fused-ring (bicyclic) bond motifs is 2. The van der Waals surface area contributed by atoms with Gasteiger partial charge in [0.2, 0.25) is 0 Å². The molecule has 0 unspecified atom stereocenters. The molecule has 7 heteroatoms. The number of carbonyl (C=O) groups excluding carboxylic acids is 2. The van der Waals surface area contributed by atoms with Gasteiger partial charge >= 0.3 is 5.97 Å². The molecule has 4 rings (SSSR count). The van der Waals surface area contributed by atoms with Crippen molar-refractivity contribution in [3.63, 3.8) is 0 Å². The molecule has 0 radical (unpaired) electrons. The molecule has 0 aliphatic carbocycles. The molecule has 1 aliphatic rings. The van der Waals surface area contributed by atoms with Crippen molar-refractivity contribution in [2.45, 2.75) is 18.9 Å². The van der Waals surface area contributed by atoms with E-state index in [-0.39, 0.29) is 0 Å². The third-order valence-corrected chi connectivity index (χ3v) is 5.16. The Morgan fingerprint density at radius 1 is 1.29 bits per heavy atom. The van der Waals surface area contributed by atoms with Crippen LogP contribution in [0.4, 0.5) is 5.82 Å². The number of H-pyrrole nitrogens is 1. The number of benzene rings is 1. The Balaban J connectivity index is 1.56.